The number of methoxy groups -OCH3 is 1. The van der Waals surface area contributed by atoms with E-state index in [9.17, 15) is 18.0 Å². The molecule has 0 unspecified atom stereocenters. The van der Waals surface area contributed by atoms with Gasteiger partial charge in [-0.2, -0.15) is 0 Å². The summed E-state index contributed by atoms with van der Waals surface area (Å²) in [6.45, 7) is 0. The van der Waals surface area contributed by atoms with E-state index in [2.05, 4.69) is 5.32 Å². The van der Waals surface area contributed by atoms with Gasteiger partial charge in [0, 0.05) is 5.69 Å². The average Bonchev–Trinajstić information content (AvgIpc) is 2.44. The number of rotatable bonds is 3. The van der Waals surface area contributed by atoms with Crippen LogP contribution < -0.4 is 10.1 Å². The second-order valence-corrected chi connectivity index (χ2v) is 5.13. The standard InChI is InChI=1S/C14H9F3INO2/c1-21-12-3-2-7(15)4-9(12)14(20)19-8-5-10(16)13(18)11(17)6-8/h2-6H,1H3,(H,19,20). The Morgan fingerprint density at radius 3 is 2.33 bits per heavy atom. The van der Waals surface area contributed by atoms with E-state index < -0.39 is 23.4 Å². The summed E-state index contributed by atoms with van der Waals surface area (Å²) in [5.74, 6) is -2.79. The van der Waals surface area contributed by atoms with Gasteiger partial charge in [-0.15, -0.1) is 0 Å². The quantitative estimate of drug-likeness (QED) is 0.618. The van der Waals surface area contributed by atoms with Gasteiger partial charge in [-0.3, -0.25) is 4.79 Å². The highest BCUT2D eigenvalue weighted by atomic mass is 127. The summed E-state index contributed by atoms with van der Waals surface area (Å²) in [6.07, 6.45) is 0. The number of nitrogens with one attached hydrogen (secondary N) is 1. The maximum absolute atomic E-state index is 13.4. The molecule has 2 aromatic rings. The van der Waals surface area contributed by atoms with Crippen molar-refractivity contribution in [2.75, 3.05) is 12.4 Å². The number of carbonyl (C=O) groups is 1. The fourth-order valence-electron chi connectivity index (χ4n) is 1.68. The van der Waals surface area contributed by atoms with Gasteiger partial charge < -0.3 is 10.1 Å². The molecule has 3 nitrogen and oxygen atoms in total. The van der Waals surface area contributed by atoms with Crippen molar-refractivity contribution in [1.82, 2.24) is 0 Å². The molecule has 21 heavy (non-hydrogen) atoms. The number of carbonyl (C=O) groups excluding carboxylic acids is 1. The van der Waals surface area contributed by atoms with Gasteiger partial charge in [0.25, 0.3) is 5.91 Å². The molecule has 0 aromatic heterocycles. The second kappa shape index (κ2) is 6.33. The van der Waals surface area contributed by atoms with Crippen LogP contribution >= 0.6 is 22.6 Å². The number of anilines is 1. The molecule has 1 amide bonds. The monoisotopic (exact) mass is 407 g/mol. The van der Waals surface area contributed by atoms with Crippen LogP contribution in [0.15, 0.2) is 30.3 Å². The molecule has 0 heterocycles. The Labute approximate surface area is 132 Å². The van der Waals surface area contributed by atoms with E-state index in [1.165, 1.54) is 35.8 Å². The highest BCUT2D eigenvalue weighted by Crippen LogP contribution is 2.23. The highest BCUT2D eigenvalue weighted by molar-refractivity contribution is 14.1. The molecule has 0 saturated carbocycles. The zero-order valence-corrected chi connectivity index (χ0v) is 12.9. The fourth-order valence-corrected chi connectivity index (χ4v) is 2.00. The van der Waals surface area contributed by atoms with E-state index in [0.717, 1.165) is 24.3 Å². The van der Waals surface area contributed by atoms with E-state index >= 15 is 0 Å². The van der Waals surface area contributed by atoms with Crippen LogP contribution in [-0.2, 0) is 0 Å². The molecular weight excluding hydrogens is 398 g/mol. The van der Waals surface area contributed by atoms with Gasteiger partial charge in [-0.25, -0.2) is 13.2 Å². The topological polar surface area (TPSA) is 38.3 Å². The number of hydrogen-bond donors (Lipinski definition) is 1. The van der Waals surface area contributed by atoms with E-state index in [4.69, 9.17) is 4.74 Å². The minimum atomic E-state index is -0.794. The zero-order valence-electron chi connectivity index (χ0n) is 10.7. The lowest BCUT2D eigenvalue weighted by atomic mass is 10.1. The third kappa shape index (κ3) is 3.46. The Bertz CT molecular complexity index is 684. The lowest BCUT2D eigenvalue weighted by Gasteiger charge is -2.10. The van der Waals surface area contributed by atoms with Crippen molar-refractivity contribution in [2.24, 2.45) is 0 Å². The van der Waals surface area contributed by atoms with Gasteiger partial charge in [0.05, 0.1) is 16.2 Å². The van der Waals surface area contributed by atoms with E-state index in [1.54, 1.807) is 0 Å². The first-order valence-electron chi connectivity index (χ1n) is 5.72. The number of ether oxygens (including phenoxy) is 1. The third-order valence-electron chi connectivity index (χ3n) is 2.65. The number of benzene rings is 2. The molecule has 0 aliphatic rings. The minimum absolute atomic E-state index is 0.0678. The molecule has 0 atom stereocenters. The van der Waals surface area contributed by atoms with E-state index in [1.807, 2.05) is 0 Å². The SMILES string of the molecule is COc1ccc(F)cc1C(=O)Nc1cc(F)c(I)c(F)c1. The molecule has 7 heteroatoms. The molecular formula is C14H9F3INO2. The maximum atomic E-state index is 13.4. The van der Waals surface area contributed by atoms with Gasteiger partial charge in [-0.05, 0) is 52.9 Å². The van der Waals surface area contributed by atoms with Crippen LogP contribution in [0.25, 0.3) is 0 Å². The maximum Gasteiger partial charge on any atom is 0.259 e. The van der Waals surface area contributed by atoms with Crippen molar-refractivity contribution >= 4 is 34.2 Å². The molecule has 0 aliphatic carbocycles. The molecule has 1 N–H and O–H groups in total. The third-order valence-corrected chi connectivity index (χ3v) is 3.68. The van der Waals surface area contributed by atoms with Crippen LogP contribution in [0, 0.1) is 21.0 Å². The summed E-state index contributed by atoms with van der Waals surface area (Å²) in [7, 11) is 1.33. The van der Waals surface area contributed by atoms with Gasteiger partial charge in [0.15, 0.2) is 0 Å². The molecule has 0 saturated heterocycles. The average molecular weight is 407 g/mol. The van der Waals surface area contributed by atoms with Crippen molar-refractivity contribution in [2.45, 2.75) is 0 Å². The predicted molar refractivity (Wildman–Crippen MR) is 80.0 cm³/mol. The normalized spacial score (nSPS) is 10.3. The summed E-state index contributed by atoms with van der Waals surface area (Å²) in [6, 6.07) is 5.37. The van der Waals surface area contributed by atoms with Crippen LogP contribution in [0.3, 0.4) is 0 Å². The largest absolute Gasteiger partial charge is 0.496 e. The highest BCUT2D eigenvalue weighted by Gasteiger charge is 2.15. The molecule has 0 fully saturated rings. The minimum Gasteiger partial charge on any atom is -0.496 e. The first kappa shape index (κ1) is 15.6. The smallest absolute Gasteiger partial charge is 0.259 e. The molecule has 0 spiro atoms. The van der Waals surface area contributed by atoms with E-state index in [0.29, 0.717) is 0 Å². The van der Waals surface area contributed by atoms with Crippen molar-refractivity contribution in [1.29, 1.82) is 0 Å². The first-order valence-corrected chi connectivity index (χ1v) is 6.79. The Morgan fingerprint density at radius 2 is 1.76 bits per heavy atom. The van der Waals surface area contributed by atoms with Gasteiger partial charge in [0.1, 0.15) is 23.2 Å². The van der Waals surface area contributed by atoms with Crippen molar-refractivity contribution < 1.29 is 22.7 Å². The van der Waals surface area contributed by atoms with Crippen LogP contribution in [0.1, 0.15) is 10.4 Å². The molecule has 0 aliphatic heterocycles. The fraction of sp³-hybridized carbons (Fsp3) is 0.0714. The zero-order chi connectivity index (χ0) is 15.6. The number of hydrogen-bond acceptors (Lipinski definition) is 2. The first-order chi connectivity index (χ1) is 9.92. The molecule has 2 rings (SSSR count). The number of amides is 1. The predicted octanol–water partition coefficient (Wildman–Crippen LogP) is 3.97. The second-order valence-electron chi connectivity index (χ2n) is 4.05. The summed E-state index contributed by atoms with van der Waals surface area (Å²) in [5.41, 5.74) is -0.140. The van der Waals surface area contributed by atoms with Crippen LogP contribution in [0.5, 0.6) is 5.75 Å². The lowest BCUT2D eigenvalue weighted by Crippen LogP contribution is -2.14. The van der Waals surface area contributed by atoms with Crippen LogP contribution in [0.4, 0.5) is 18.9 Å². The summed E-state index contributed by atoms with van der Waals surface area (Å²) in [4.78, 5) is 12.0. The summed E-state index contributed by atoms with van der Waals surface area (Å²) in [5, 5.41) is 2.30. The van der Waals surface area contributed by atoms with Crippen molar-refractivity contribution in [3.63, 3.8) is 0 Å². The Hall–Kier alpha value is -1.77. The summed E-state index contributed by atoms with van der Waals surface area (Å²) >= 11 is 1.51. The van der Waals surface area contributed by atoms with Crippen molar-refractivity contribution in [3.05, 3.63) is 56.9 Å². The molecule has 2 aromatic carbocycles. The number of halogens is 4. The summed E-state index contributed by atoms with van der Waals surface area (Å²) < 4.78 is 44.8. The molecule has 0 bridgehead atoms. The van der Waals surface area contributed by atoms with Crippen LogP contribution in [-0.4, -0.2) is 13.0 Å². The van der Waals surface area contributed by atoms with Crippen LogP contribution in [0.2, 0.25) is 0 Å². The Balaban J connectivity index is 2.32. The van der Waals surface area contributed by atoms with Gasteiger partial charge in [-0.1, -0.05) is 0 Å². The molecule has 0 radical (unpaired) electrons. The Morgan fingerprint density at radius 1 is 1.14 bits per heavy atom. The Kier molecular flexibility index (Phi) is 4.71. The van der Waals surface area contributed by atoms with Crippen molar-refractivity contribution in [3.8, 4) is 5.75 Å². The van der Waals surface area contributed by atoms with Gasteiger partial charge in [0.2, 0.25) is 0 Å². The molecule has 110 valence electrons. The van der Waals surface area contributed by atoms with Gasteiger partial charge >= 0.3 is 0 Å². The van der Waals surface area contributed by atoms with E-state index in [-0.39, 0.29) is 20.6 Å². The lowest BCUT2D eigenvalue weighted by molar-refractivity contribution is 0.102.